The van der Waals surface area contributed by atoms with Crippen molar-refractivity contribution in [3.63, 3.8) is 0 Å². The Bertz CT molecular complexity index is 283. The van der Waals surface area contributed by atoms with Gasteiger partial charge in [-0.25, -0.2) is 0 Å². The van der Waals surface area contributed by atoms with Crippen molar-refractivity contribution >= 4 is 0 Å². The number of hydrogen-bond donors (Lipinski definition) is 1. The summed E-state index contributed by atoms with van der Waals surface area (Å²) >= 11 is 0. The van der Waals surface area contributed by atoms with Crippen LogP contribution in [0.4, 0.5) is 0 Å². The minimum atomic E-state index is -0.507. The third-order valence-electron chi connectivity index (χ3n) is 3.92. The Morgan fingerprint density at radius 1 is 1.18 bits per heavy atom. The molecule has 2 rings (SSSR count). The van der Waals surface area contributed by atoms with Crippen LogP contribution in [0, 0.1) is 0 Å². The predicted octanol–water partition coefficient (Wildman–Crippen LogP) is 2.55. The van der Waals surface area contributed by atoms with Gasteiger partial charge in [-0.1, -0.05) is 6.92 Å². The molecule has 0 saturated carbocycles. The number of nitrogens with zero attached hydrogens (tertiary/aromatic N) is 1. The first-order valence-electron chi connectivity index (χ1n) is 6.52. The number of rotatable bonds is 1. The highest BCUT2D eigenvalue weighted by molar-refractivity contribution is 5.02. The second kappa shape index (κ2) is 3.92. The van der Waals surface area contributed by atoms with E-state index in [1.165, 1.54) is 5.06 Å². The zero-order valence-electron chi connectivity index (χ0n) is 11.6. The maximum atomic E-state index is 10.3. The van der Waals surface area contributed by atoms with Gasteiger partial charge >= 0.3 is 0 Å². The molecule has 100 valence electrons. The third-order valence-corrected chi connectivity index (χ3v) is 3.92. The third kappa shape index (κ3) is 2.24. The second-order valence-corrected chi connectivity index (χ2v) is 6.66. The summed E-state index contributed by atoms with van der Waals surface area (Å²) in [4.78, 5) is 0. The molecule has 2 fully saturated rings. The van der Waals surface area contributed by atoms with Gasteiger partial charge in [0.1, 0.15) is 0 Å². The summed E-state index contributed by atoms with van der Waals surface area (Å²) in [5.74, 6) is -0.507. The van der Waals surface area contributed by atoms with Gasteiger partial charge in [-0.05, 0) is 34.1 Å². The van der Waals surface area contributed by atoms with Crippen molar-refractivity contribution in [3.8, 4) is 0 Å². The first-order valence-corrected chi connectivity index (χ1v) is 6.52. The molecule has 0 aromatic carbocycles. The molecule has 0 radical (unpaired) electrons. The van der Waals surface area contributed by atoms with Crippen molar-refractivity contribution in [1.82, 2.24) is 5.06 Å². The highest BCUT2D eigenvalue weighted by Gasteiger charge is 2.56. The molecule has 17 heavy (non-hydrogen) atoms. The average molecular weight is 243 g/mol. The Balaban J connectivity index is 2.22. The molecule has 0 aromatic heterocycles. The molecule has 1 unspecified atom stereocenters. The monoisotopic (exact) mass is 243 g/mol. The molecule has 0 aromatic rings. The Hall–Kier alpha value is -0.160. The second-order valence-electron chi connectivity index (χ2n) is 6.66. The first kappa shape index (κ1) is 13.3. The minimum absolute atomic E-state index is 0.201. The van der Waals surface area contributed by atoms with Crippen LogP contribution in [0.5, 0.6) is 0 Å². The van der Waals surface area contributed by atoms with Crippen molar-refractivity contribution in [3.05, 3.63) is 0 Å². The number of hydrogen-bond acceptors (Lipinski definition) is 4. The van der Waals surface area contributed by atoms with Crippen molar-refractivity contribution in [2.45, 2.75) is 76.9 Å². The van der Waals surface area contributed by atoms with E-state index in [9.17, 15) is 5.21 Å². The Morgan fingerprint density at radius 2 is 1.71 bits per heavy atom. The summed E-state index contributed by atoms with van der Waals surface area (Å²) in [7, 11) is 0. The van der Waals surface area contributed by atoms with Crippen LogP contribution >= 0.6 is 0 Å². The fourth-order valence-corrected chi connectivity index (χ4v) is 3.35. The van der Waals surface area contributed by atoms with Gasteiger partial charge in [0.15, 0.2) is 5.79 Å². The molecule has 2 saturated heterocycles. The molecule has 4 nitrogen and oxygen atoms in total. The summed E-state index contributed by atoms with van der Waals surface area (Å²) in [6.45, 7) is 10.9. The SMILES string of the molecule is CCC1COC2(CC(C)(C)N(O)C(C)(C)C2)O1. The van der Waals surface area contributed by atoms with Crippen LogP contribution in [0.3, 0.4) is 0 Å². The van der Waals surface area contributed by atoms with Crippen LogP contribution in [0.15, 0.2) is 0 Å². The zero-order chi connectivity index (χ0) is 12.9. The molecule has 0 amide bonds. The lowest BCUT2D eigenvalue weighted by Gasteiger charge is -2.54. The summed E-state index contributed by atoms with van der Waals surface area (Å²) in [6.07, 6.45) is 2.59. The molecule has 0 bridgehead atoms. The van der Waals surface area contributed by atoms with Gasteiger partial charge in [-0.2, -0.15) is 5.06 Å². The fourth-order valence-electron chi connectivity index (χ4n) is 3.35. The fraction of sp³-hybridized carbons (Fsp3) is 1.00. The first-order chi connectivity index (χ1) is 7.71. The van der Waals surface area contributed by atoms with Crippen LogP contribution in [0.2, 0.25) is 0 Å². The van der Waals surface area contributed by atoms with E-state index in [1.54, 1.807) is 0 Å². The van der Waals surface area contributed by atoms with E-state index in [1.807, 2.05) is 27.7 Å². The van der Waals surface area contributed by atoms with Crippen molar-refractivity contribution < 1.29 is 14.7 Å². The molecule has 2 heterocycles. The largest absolute Gasteiger partial charge is 0.347 e. The smallest absolute Gasteiger partial charge is 0.172 e. The quantitative estimate of drug-likeness (QED) is 0.768. The maximum absolute atomic E-state index is 10.3. The topological polar surface area (TPSA) is 41.9 Å². The lowest BCUT2D eigenvalue weighted by atomic mass is 9.78. The normalized spacial score (nSPS) is 35.3. The molecule has 1 N–H and O–H groups in total. The molecule has 1 atom stereocenters. The Kier molecular flexibility index (Phi) is 3.06. The van der Waals surface area contributed by atoms with Gasteiger partial charge in [0.2, 0.25) is 0 Å². The van der Waals surface area contributed by atoms with Gasteiger partial charge in [-0.3, -0.25) is 0 Å². The zero-order valence-corrected chi connectivity index (χ0v) is 11.6. The average Bonchev–Trinajstić information content (AvgIpc) is 2.56. The highest BCUT2D eigenvalue weighted by Crippen LogP contribution is 2.47. The van der Waals surface area contributed by atoms with Gasteiger partial charge in [0.05, 0.1) is 12.7 Å². The van der Waals surface area contributed by atoms with Crippen LogP contribution in [0.25, 0.3) is 0 Å². The molecule has 1 spiro atoms. The van der Waals surface area contributed by atoms with Crippen LogP contribution in [-0.2, 0) is 9.47 Å². The summed E-state index contributed by atoms with van der Waals surface area (Å²) < 4.78 is 12.0. The molecule has 2 aliphatic heterocycles. The molecular weight excluding hydrogens is 218 g/mol. The standard InChI is InChI=1S/C13H25NO3/c1-6-10-7-16-13(17-10)8-11(2,3)14(15)12(4,5)9-13/h10,15H,6-9H2,1-5H3. The van der Waals surface area contributed by atoms with Gasteiger partial charge in [0, 0.05) is 23.9 Å². The van der Waals surface area contributed by atoms with E-state index < -0.39 is 5.79 Å². The van der Waals surface area contributed by atoms with Crippen LogP contribution < -0.4 is 0 Å². The van der Waals surface area contributed by atoms with Gasteiger partial charge < -0.3 is 14.7 Å². The van der Waals surface area contributed by atoms with Crippen LogP contribution in [0.1, 0.15) is 53.9 Å². The van der Waals surface area contributed by atoms with Crippen LogP contribution in [-0.4, -0.2) is 39.8 Å². The van der Waals surface area contributed by atoms with Crippen molar-refractivity contribution in [2.75, 3.05) is 6.61 Å². The van der Waals surface area contributed by atoms with Gasteiger partial charge in [-0.15, -0.1) is 0 Å². The number of ether oxygens (including phenoxy) is 2. The highest BCUT2D eigenvalue weighted by atomic mass is 16.7. The summed E-state index contributed by atoms with van der Waals surface area (Å²) in [6, 6.07) is 0. The predicted molar refractivity (Wildman–Crippen MR) is 64.9 cm³/mol. The molecular formula is C13H25NO3. The van der Waals surface area contributed by atoms with Gasteiger partial charge in [0.25, 0.3) is 0 Å². The number of piperidine rings is 1. The van der Waals surface area contributed by atoms with E-state index in [4.69, 9.17) is 9.47 Å². The minimum Gasteiger partial charge on any atom is -0.347 e. The van der Waals surface area contributed by atoms with E-state index in [2.05, 4.69) is 6.92 Å². The molecule has 2 aliphatic rings. The summed E-state index contributed by atoms with van der Waals surface area (Å²) in [5, 5.41) is 11.7. The van der Waals surface area contributed by atoms with Crippen molar-refractivity contribution in [2.24, 2.45) is 0 Å². The molecule has 4 heteroatoms. The van der Waals surface area contributed by atoms with E-state index >= 15 is 0 Å². The van der Waals surface area contributed by atoms with E-state index in [0.717, 1.165) is 6.42 Å². The maximum Gasteiger partial charge on any atom is 0.172 e. The lowest BCUT2D eigenvalue weighted by Crippen LogP contribution is -2.64. The Morgan fingerprint density at radius 3 is 2.12 bits per heavy atom. The van der Waals surface area contributed by atoms with E-state index in [0.29, 0.717) is 19.4 Å². The number of hydroxylamine groups is 2. The summed E-state index contributed by atoms with van der Waals surface area (Å²) in [5.41, 5.74) is -0.658. The van der Waals surface area contributed by atoms with Crippen molar-refractivity contribution in [1.29, 1.82) is 0 Å². The molecule has 0 aliphatic carbocycles. The Labute approximate surface area is 104 Å². The lowest BCUT2D eigenvalue weighted by molar-refractivity contribution is -0.317. The van der Waals surface area contributed by atoms with E-state index in [-0.39, 0.29) is 17.2 Å².